The molecule has 7 nitrogen and oxygen atoms in total. The molecule has 3 rings (SSSR count). The Kier molecular flexibility index (Phi) is 7.26. The van der Waals surface area contributed by atoms with Gasteiger partial charge in [-0.2, -0.15) is 0 Å². The molecule has 0 fully saturated rings. The Balaban J connectivity index is 1.86. The summed E-state index contributed by atoms with van der Waals surface area (Å²) in [6.45, 7) is 0. The van der Waals surface area contributed by atoms with E-state index in [2.05, 4.69) is 16.2 Å². The van der Waals surface area contributed by atoms with E-state index in [1.807, 2.05) is 24.3 Å². The van der Waals surface area contributed by atoms with Gasteiger partial charge in [0.1, 0.15) is 5.70 Å². The first-order valence-electron chi connectivity index (χ1n) is 9.52. The maximum absolute atomic E-state index is 12.9. The monoisotopic (exact) mass is 417 g/mol. The largest absolute Gasteiger partial charge is 0.493 e. The lowest BCUT2D eigenvalue weighted by molar-refractivity contribution is -0.117. The molecular weight excluding hydrogens is 394 g/mol. The van der Waals surface area contributed by atoms with Crippen LogP contribution in [0.15, 0.2) is 84.6 Å². The standard InChI is InChI=1S/C24H23N3O4/c1-30-21-14-13-17(16-22(21)31-2)15-20(25-23(28)18-9-5-3-6-10-18)24(29)27-26-19-11-7-4-8-12-19/h3-16,26H,1-2H3,(H,25,28)(H,27,29)/b20-15-. The summed E-state index contributed by atoms with van der Waals surface area (Å²) in [5.41, 5.74) is 7.28. The topological polar surface area (TPSA) is 88.7 Å². The number of nitrogens with one attached hydrogen (secondary N) is 3. The molecule has 0 spiro atoms. The van der Waals surface area contributed by atoms with Crippen molar-refractivity contribution >= 4 is 23.6 Å². The SMILES string of the molecule is COc1ccc(/C=C(\NC(=O)c2ccccc2)C(=O)NNc2ccccc2)cc1OC. The molecule has 3 aromatic carbocycles. The van der Waals surface area contributed by atoms with Crippen LogP contribution in [-0.4, -0.2) is 26.0 Å². The van der Waals surface area contributed by atoms with Crippen LogP contribution in [-0.2, 0) is 4.79 Å². The number of hydrogen-bond donors (Lipinski definition) is 3. The minimum atomic E-state index is -0.511. The zero-order valence-corrected chi connectivity index (χ0v) is 17.2. The summed E-state index contributed by atoms with van der Waals surface area (Å²) in [4.78, 5) is 25.5. The lowest BCUT2D eigenvalue weighted by Gasteiger charge is -2.13. The summed E-state index contributed by atoms with van der Waals surface area (Å²) < 4.78 is 10.6. The predicted molar refractivity (Wildman–Crippen MR) is 120 cm³/mol. The van der Waals surface area contributed by atoms with Crippen LogP contribution >= 0.6 is 0 Å². The number of para-hydroxylation sites is 1. The van der Waals surface area contributed by atoms with Crippen molar-refractivity contribution in [2.45, 2.75) is 0 Å². The molecule has 7 heteroatoms. The average Bonchev–Trinajstić information content (AvgIpc) is 2.83. The molecule has 0 unspecified atom stereocenters. The van der Waals surface area contributed by atoms with E-state index in [0.717, 1.165) is 0 Å². The van der Waals surface area contributed by atoms with Gasteiger partial charge in [0.15, 0.2) is 11.5 Å². The number of rotatable bonds is 8. The van der Waals surface area contributed by atoms with E-state index in [-0.39, 0.29) is 5.70 Å². The van der Waals surface area contributed by atoms with Crippen molar-refractivity contribution in [3.05, 3.63) is 95.7 Å². The van der Waals surface area contributed by atoms with Crippen molar-refractivity contribution in [2.24, 2.45) is 0 Å². The molecule has 3 aromatic rings. The Hall–Kier alpha value is -4.26. The van der Waals surface area contributed by atoms with Crippen LogP contribution < -0.4 is 25.6 Å². The molecule has 0 aliphatic carbocycles. The predicted octanol–water partition coefficient (Wildman–Crippen LogP) is 3.62. The van der Waals surface area contributed by atoms with Gasteiger partial charge in [-0.1, -0.05) is 42.5 Å². The number of amides is 2. The Morgan fingerprint density at radius 1 is 0.806 bits per heavy atom. The van der Waals surface area contributed by atoms with Gasteiger partial charge in [-0.3, -0.25) is 20.4 Å². The third kappa shape index (κ3) is 5.86. The fourth-order valence-electron chi connectivity index (χ4n) is 2.77. The van der Waals surface area contributed by atoms with E-state index in [0.29, 0.717) is 28.3 Å². The minimum absolute atomic E-state index is 0.0597. The molecule has 0 saturated heterocycles. The van der Waals surface area contributed by atoms with E-state index in [4.69, 9.17) is 9.47 Å². The van der Waals surface area contributed by atoms with Crippen molar-refractivity contribution < 1.29 is 19.1 Å². The Morgan fingerprint density at radius 2 is 1.45 bits per heavy atom. The molecule has 0 saturated carbocycles. The van der Waals surface area contributed by atoms with Gasteiger partial charge in [-0.25, -0.2) is 0 Å². The summed E-state index contributed by atoms with van der Waals surface area (Å²) >= 11 is 0. The normalized spacial score (nSPS) is 10.7. The van der Waals surface area contributed by atoms with Gasteiger partial charge in [0.2, 0.25) is 0 Å². The first-order chi connectivity index (χ1) is 15.1. The highest BCUT2D eigenvalue weighted by Gasteiger charge is 2.15. The van der Waals surface area contributed by atoms with Crippen LogP contribution in [0.2, 0.25) is 0 Å². The lowest BCUT2D eigenvalue weighted by atomic mass is 10.1. The average molecular weight is 417 g/mol. The second-order valence-corrected chi connectivity index (χ2v) is 6.44. The fraction of sp³-hybridized carbons (Fsp3) is 0.0833. The van der Waals surface area contributed by atoms with Crippen molar-refractivity contribution in [3.63, 3.8) is 0 Å². The van der Waals surface area contributed by atoms with Crippen LogP contribution in [0.4, 0.5) is 5.69 Å². The molecule has 0 aromatic heterocycles. The maximum Gasteiger partial charge on any atom is 0.286 e. The molecule has 0 aliphatic rings. The van der Waals surface area contributed by atoms with E-state index in [1.165, 1.54) is 7.11 Å². The Labute approximate surface area is 180 Å². The van der Waals surface area contributed by atoms with E-state index in [1.54, 1.807) is 67.8 Å². The summed E-state index contributed by atoms with van der Waals surface area (Å²) in [6, 6.07) is 23.0. The number of methoxy groups -OCH3 is 2. The highest BCUT2D eigenvalue weighted by atomic mass is 16.5. The third-order valence-corrected chi connectivity index (χ3v) is 4.34. The van der Waals surface area contributed by atoms with Crippen LogP contribution in [0, 0.1) is 0 Å². The highest BCUT2D eigenvalue weighted by molar-refractivity contribution is 6.05. The van der Waals surface area contributed by atoms with Gasteiger partial charge in [0, 0.05) is 5.56 Å². The van der Waals surface area contributed by atoms with Crippen LogP contribution in [0.5, 0.6) is 11.5 Å². The second kappa shape index (κ2) is 10.5. The third-order valence-electron chi connectivity index (χ3n) is 4.34. The Morgan fingerprint density at radius 3 is 2.10 bits per heavy atom. The van der Waals surface area contributed by atoms with Gasteiger partial charge < -0.3 is 14.8 Å². The van der Waals surface area contributed by atoms with Crippen LogP contribution in [0.3, 0.4) is 0 Å². The van der Waals surface area contributed by atoms with Crippen molar-refractivity contribution in [1.82, 2.24) is 10.7 Å². The number of benzene rings is 3. The minimum Gasteiger partial charge on any atom is -0.493 e. The maximum atomic E-state index is 12.9. The molecule has 158 valence electrons. The second-order valence-electron chi connectivity index (χ2n) is 6.44. The number of anilines is 1. The number of carbonyl (C=O) groups is 2. The van der Waals surface area contributed by atoms with Crippen LogP contribution in [0.25, 0.3) is 6.08 Å². The van der Waals surface area contributed by atoms with Gasteiger partial charge >= 0.3 is 0 Å². The van der Waals surface area contributed by atoms with Crippen molar-refractivity contribution in [2.75, 3.05) is 19.6 Å². The van der Waals surface area contributed by atoms with Gasteiger partial charge in [0.25, 0.3) is 11.8 Å². The smallest absolute Gasteiger partial charge is 0.286 e. The molecule has 2 amide bonds. The number of hydrazine groups is 1. The van der Waals surface area contributed by atoms with E-state index in [9.17, 15) is 9.59 Å². The molecule has 0 atom stereocenters. The zero-order valence-electron chi connectivity index (χ0n) is 17.2. The molecule has 0 bridgehead atoms. The molecule has 0 heterocycles. The summed E-state index contributed by atoms with van der Waals surface area (Å²) in [6.07, 6.45) is 1.56. The molecule has 31 heavy (non-hydrogen) atoms. The van der Waals surface area contributed by atoms with Crippen molar-refractivity contribution in [1.29, 1.82) is 0 Å². The fourth-order valence-corrected chi connectivity index (χ4v) is 2.77. The van der Waals surface area contributed by atoms with Gasteiger partial charge in [-0.05, 0) is 48.0 Å². The number of hydrogen-bond acceptors (Lipinski definition) is 5. The summed E-state index contributed by atoms with van der Waals surface area (Å²) in [5, 5.41) is 2.68. The summed E-state index contributed by atoms with van der Waals surface area (Å²) in [5.74, 6) is 0.155. The highest BCUT2D eigenvalue weighted by Crippen LogP contribution is 2.28. The number of ether oxygens (including phenoxy) is 2. The lowest BCUT2D eigenvalue weighted by Crippen LogP contribution is -2.37. The molecule has 3 N–H and O–H groups in total. The summed E-state index contributed by atoms with van der Waals surface area (Å²) in [7, 11) is 3.07. The Bertz CT molecular complexity index is 1070. The first-order valence-corrected chi connectivity index (χ1v) is 9.52. The molecule has 0 radical (unpaired) electrons. The van der Waals surface area contributed by atoms with Crippen molar-refractivity contribution in [3.8, 4) is 11.5 Å². The molecule has 0 aliphatic heterocycles. The first kappa shape index (κ1) is 21.4. The van der Waals surface area contributed by atoms with Crippen LogP contribution in [0.1, 0.15) is 15.9 Å². The van der Waals surface area contributed by atoms with E-state index >= 15 is 0 Å². The van der Waals surface area contributed by atoms with Gasteiger partial charge in [0.05, 0.1) is 19.9 Å². The van der Waals surface area contributed by atoms with E-state index < -0.39 is 11.8 Å². The quantitative estimate of drug-likeness (QED) is 0.385. The zero-order chi connectivity index (χ0) is 22.1. The van der Waals surface area contributed by atoms with Gasteiger partial charge in [-0.15, -0.1) is 0 Å². The molecular formula is C24H23N3O4. The number of carbonyl (C=O) groups excluding carboxylic acids is 2.